The molecule has 1 N–H and O–H groups in total. The number of halogens is 3. The molecule has 0 spiro atoms. The minimum Gasteiger partial charge on any atom is -0.276 e. The van der Waals surface area contributed by atoms with Crippen LogP contribution in [-0.2, 0) is 10.0 Å². The zero-order valence-electron chi connectivity index (χ0n) is 19.8. The highest BCUT2D eigenvalue weighted by atomic mass is 32.2. The fourth-order valence-corrected chi connectivity index (χ4v) is 6.95. The highest BCUT2D eigenvalue weighted by Crippen LogP contribution is 2.43. The van der Waals surface area contributed by atoms with Gasteiger partial charge in [-0.2, -0.15) is 0 Å². The monoisotopic (exact) mass is 544 g/mol. The van der Waals surface area contributed by atoms with Gasteiger partial charge in [0.15, 0.2) is 10.7 Å². The highest BCUT2D eigenvalue weighted by molar-refractivity contribution is 7.92. The van der Waals surface area contributed by atoms with Crippen LogP contribution in [0.5, 0.6) is 0 Å². The van der Waals surface area contributed by atoms with Gasteiger partial charge in [-0.05, 0) is 50.1 Å². The van der Waals surface area contributed by atoms with Crippen LogP contribution in [-0.4, -0.2) is 23.4 Å². The average molecular weight is 545 g/mol. The van der Waals surface area contributed by atoms with Gasteiger partial charge in [0.2, 0.25) is 0 Å². The van der Waals surface area contributed by atoms with E-state index in [0.717, 1.165) is 48.9 Å². The topological polar surface area (TPSA) is 84.8 Å². The van der Waals surface area contributed by atoms with Gasteiger partial charge < -0.3 is 0 Å². The molecule has 2 heterocycles. The molecule has 4 aromatic rings. The molecule has 1 aliphatic rings. The lowest BCUT2D eigenvalue weighted by Gasteiger charge is -2.18. The van der Waals surface area contributed by atoms with Crippen molar-refractivity contribution >= 4 is 27.0 Å². The highest BCUT2D eigenvalue weighted by Gasteiger charge is 2.28. The van der Waals surface area contributed by atoms with Crippen LogP contribution >= 0.6 is 11.3 Å². The normalized spacial score (nSPS) is 14.6. The summed E-state index contributed by atoms with van der Waals surface area (Å²) in [7, 11) is -4.75. The Morgan fingerprint density at radius 1 is 0.946 bits per heavy atom. The maximum Gasteiger partial charge on any atom is 0.267 e. The van der Waals surface area contributed by atoms with E-state index in [4.69, 9.17) is 4.98 Å². The van der Waals surface area contributed by atoms with Crippen molar-refractivity contribution in [3.63, 3.8) is 0 Å². The first-order valence-corrected chi connectivity index (χ1v) is 14.1. The Labute approximate surface area is 216 Å². The van der Waals surface area contributed by atoms with Crippen molar-refractivity contribution in [3.8, 4) is 21.8 Å². The number of thiazole rings is 1. The molecule has 11 heteroatoms. The van der Waals surface area contributed by atoms with Crippen LogP contribution in [0.25, 0.3) is 21.8 Å². The first-order valence-electron chi connectivity index (χ1n) is 11.8. The zero-order valence-corrected chi connectivity index (χ0v) is 21.5. The quantitative estimate of drug-likeness (QED) is 0.287. The summed E-state index contributed by atoms with van der Waals surface area (Å²) in [6.45, 7) is 1.75. The summed E-state index contributed by atoms with van der Waals surface area (Å²) >= 11 is 1.45. The van der Waals surface area contributed by atoms with Crippen LogP contribution in [0.2, 0.25) is 0 Å². The molecule has 0 radical (unpaired) electrons. The molecular formula is C26H23F3N4O2S2. The molecule has 0 bridgehead atoms. The Balaban J connectivity index is 1.60. The summed E-state index contributed by atoms with van der Waals surface area (Å²) in [5, 5.41) is 0.875. The molecule has 1 saturated carbocycles. The lowest BCUT2D eigenvalue weighted by Crippen LogP contribution is -2.17. The van der Waals surface area contributed by atoms with Crippen molar-refractivity contribution in [3.05, 3.63) is 76.9 Å². The number of hydrogen-bond donors (Lipinski definition) is 1. The van der Waals surface area contributed by atoms with Crippen LogP contribution < -0.4 is 4.72 Å². The second-order valence-corrected chi connectivity index (χ2v) is 11.5. The molecule has 192 valence electrons. The molecule has 2 aromatic carbocycles. The predicted octanol–water partition coefficient (Wildman–Crippen LogP) is 6.84. The maximum atomic E-state index is 15.8. The van der Waals surface area contributed by atoms with E-state index < -0.39 is 38.1 Å². The van der Waals surface area contributed by atoms with Gasteiger partial charge in [0.05, 0.1) is 27.0 Å². The number of aryl methyl sites for hydroxylation is 1. The fourth-order valence-electron chi connectivity index (χ4n) is 4.53. The summed E-state index contributed by atoms with van der Waals surface area (Å²) in [5.74, 6) is -2.66. The summed E-state index contributed by atoms with van der Waals surface area (Å²) in [5.41, 5.74) is 0.524. The van der Waals surface area contributed by atoms with Crippen LogP contribution in [0.1, 0.15) is 48.9 Å². The number of hydrogen-bond acceptors (Lipinski definition) is 6. The Hall–Kier alpha value is -3.31. The van der Waals surface area contributed by atoms with Gasteiger partial charge >= 0.3 is 0 Å². The molecule has 1 fully saturated rings. The van der Waals surface area contributed by atoms with Crippen LogP contribution in [0, 0.1) is 24.4 Å². The van der Waals surface area contributed by atoms with Gasteiger partial charge in [-0.15, -0.1) is 11.3 Å². The molecule has 5 rings (SSSR count). The molecule has 0 unspecified atom stereocenters. The van der Waals surface area contributed by atoms with Gasteiger partial charge in [0.25, 0.3) is 10.0 Å². The Morgan fingerprint density at radius 2 is 1.65 bits per heavy atom. The lowest BCUT2D eigenvalue weighted by molar-refractivity contribution is 0.442. The molecule has 0 aliphatic heterocycles. The number of nitrogens with one attached hydrogen (secondary N) is 1. The van der Waals surface area contributed by atoms with E-state index in [0.29, 0.717) is 22.1 Å². The number of benzene rings is 2. The second-order valence-electron chi connectivity index (χ2n) is 8.88. The summed E-state index contributed by atoms with van der Waals surface area (Å²) < 4.78 is 71.8. The lowest BCUT2D eigenvalue weighted by atomic mass is 9.90. The molecule has 0 saturated heterocycles. The number of rotatable bonds is 6. The van der Waals surface area contributed by atoms with Crippen LogP contribution in [0.15, 0.2) is 53.6 Å². The molecule has 0 amide bonds. The van der Waals surface area contributed by atoms with Crippen molar-refractivity contribution in [2.45, 2.75) is 49.8 Å². The third-order valence-corrected chi connectivity index (χ3v) is 8.95. The summed E-state index contributed by atoms with van der Waals surface area (Å²) in [4.78, 5) is 12.9. The van der Waals surface area contributed by atoms with Gasteiger partial charge in [0, 0.05) is 17.7 Å². The van der Waals surface area contributed by atoms with Crippen molar-refractivity contribution in [1.82, 2.24) is 15.0 Å². The molecular weight excluding hydrogens is 521 g/mol. The third-order valence-electron chi connectivity index (χ3n) is 6.29. The first-order chi connectivity index (χ1) is 17.7. The van der Waals surface area contributed by atoms with E-state index in [1.54, 1.807) is 19.2 Å². The molecule has 0 atom stereocenters. The van der Waals surface area contributed by atoms with Gasteiger partial charge in [-0.25, -0.2) is 36.5 Å². The summed E-state index contributed by atoms with van der Waals surface area (Å²) in [6, 6.07) is 8.56. The second kappa shape index (κ2) is 10.2. The third kappa shape index (κ3) is 5.10. The van der Waals surface area contributed by atoms with E-state index in [1.165, 1.54) is 36.0 Å². The Bertz CT molecular complexity index is 1550. The number of aromatic nitrogens is 3. The minimum absolute atomic E-state index is 0.0544. The van der Waals surface area contributed by atoms with E-state index >= 15 is 4.39 Å². The SMILES string of the molecule is Cc1nccc(-c2sc(C3CCCCC3)nc2-c2cccc(NS(=O)(=O)c3c(F)cccc3F)c2F)n1. The Morgan fingerprint density at radius 3 is 2.35 bits per heavy atom. The minimum atomic E-state index is -4.75. The van der Waals surface area contributed by atoms with Crippen LogP contribution in [0.3, 0.4) is 0 Å². The van der Waals surface area contributed by atoms with E-state index in [2.05, 4.69) is 9.97 Å². The standard InChI is InChI=1S/C26H23F3N4O2S2/c1-15-30-14-13-21(31-15)24-23(32-26(36-24)16-7-3-2-4-8-16)17-9-5-12-20(22(17)29)33-37(34,35)25-18(27)10-6-11-19(25)28/h5-6,9-14,16,33H,2-4,7-8H2,1H3. The first kappa shape index (κ1) is 25.3. The summed E-state index contributed by atoms with van der Waals surface area (Å²) in [6.07, 6.45) is 6.97. The largest absolute Gasteiger partial charge is 0.276 e. The van der Waals surface area contributed by atoms with E-state index in [9.17, 15) is 17.2 Å². The van der Waals surface area contributed by atoms with E-state index in [-0.39, 0.29) is 11.5 Å². The van der Waals surface area contributed by atoms with Gasteiger partial charge in [0.1, 0.15) is 17.5 Å². The van der Waals surface area contributed by atoms with Gasteiger partial charge in [-0.3, -0.25) is 4.72 Å². The predicted molar refractivity (Wildman–Crippen MR) is 136 cm³/mol. The van der Waals surface area contributed by atoms with Gasteiger partial charge in [-0.1, -0.05) is 31.4 Å². The van der Waals surface area contributed by atoms with Crippen molar-refractivity contribution in [2.75, 3.05) is 4.72 Å². The maximum absolute atomic E-state index is 15.8. The van der Waals surface area contributed by atoms with Crippen molar-refractivity contribution in [2.24, 2.45) is 0 Å². The number of sulfonamides is 1. The van der Waals surface area contributed by atoms with Crippen LogP contribution in [0.4, 0.5) is 18.9 Å². The smallest absolute Gasteiger partial charge is 0.267 e. The number of anilines is 1. The zero-order chi connectivity index (χ0) is 26.2. The molecule has 2 aromatic heterocycles. The Kier molecular flexibility index (Phi) is 7.00. The van der Waals surface area contributed by atoms with Crippen molar-refractivity contribution in [1.29, 1.82) is 0 Å². The average Bonchev–Trinajstić information content (AvgIpc) is 3.31. The molecule has 1 aliphatic carbocycles. The fraction of sp³-hybridized carbons (Fsp3) is 0.269. The number of nitrogens with zero attached hydrogens (tertiary/aromatic N) is 3. The van der Waals surface area contributed by atoms with Crippen molar-refractivity contribution < 1.29 is 21.6 Å². The molecule has 6 nitrogen and oxygen atoms in total. The van der Waals surface area contributed by atoms with E-state index in [1.807, 2.05) is 4.72 Å². The molecule has 37 heavy (non-hydrogen) atoms.